The summed E-state index contributed by atoms with van der Waals surface area (Å²) in [4.78, 5) is -0.629. The van der Waals surface area contributed by atoms with Crippen LogP contribution in [-0.4, -0.2) is 23.9 Å². The Hall–Kier alpha value is -2.09. The molecule has 0 atom stereocenters. The minimum absolute atomic E-state index is 0.277. The van der Waals surface area contributed by atoms with E-state index in [0.717, 1.165) is 0 Å². The van der Waals surface area contributed by atoms with Crippen molar-refractivity contribution >= 4 is 40.1 Å². The molecule has 130 valence electrons. The van der Waals surface area contributed by atoms with Crippen molar-refractivity contribution in [2.45, 2.75) is 9.79 Å². The summed E-state index contributed by atoms with van der Waals surface area (Å²) < 4.78 is 56.4. The topological polar surface area (TPSA) is 77.5 Å². The van der Waals surface area contributed by atoms with E-state index in [1.54, 1.807) is 24.3 Å². The number of fused-ring (bicyclic) bond motifs is 1. The average Bonchev–Trinajstić information content (AvgIpc) is 2.60. The van der Waals surface area contributed by atoms with Crippen molar-refractivity contribution in [1.82, 2.24) is 0 Å². The van der Waals surface area contributed by atoms with Crippen molar-refractivity contribution in [2.75, 3.05) is 7.11 Å². The van der Waals surface area contributed by atoms with Gasteiger partial charge in [-0.3, -0.25) is 0 Å². The van der Waals surface area contributed by atoms with Crippen molar-refractivity contribution in [3.8, 4) is 5.75 Å². The Morgan fingerprint density at radius 2 is 1.36 bits per heavy atom. The summed E-state index contributed by atoms with van der Waals surface area (Å²) in [5, 5.41) is 1.10. The van der Waals surface area contributed by atoms with Crippen LogP contribution in [0.25, 0.3) is 10.8 Å². The van der Waals surface area contributed by atoms with Gasteiger partial charge in [0, 0.05) is 15.8 Å². The molecule has 0 fully saturated rings. The van der Waals surface area contributed by atoms with Crippen LogP contribution in [0.15, 0.2) is 70.5 Å². The van der Waals surface area contributed by atoms with E-state index in [4.69, 9.17) is 16.3 Å². The van der Waals surface area contributed by atoms with E-state index in [0.29, 0.717) is 16.2 Å². The van der Waals surface area contributed by atoms with E-state index in [-0.39, 0.29) is 15.2 Å². The lowest BCUT2D eigenvalue weighted by atomic mass is 10.1. The van der Waals surface area contributed by atoms with Gasteiger partial charge < -0.3 is 4.74 Å². The summed E-state index contributed by atoms with van der Waals surface area (Å²) in [5.41, 5.74) is 0. The second kappa shape index (κ2) is 6.33. The Bertz CT molecular complexity index is 1150. The first-order chi connectivity index (χ1) is 11.8. The third-order valence-electron chi connectivity index (χ3n) is 3.72. The number of ether oxygens (including phenoxy) is 1. The maximum atomic E-state index is 12.9. The minimum atomic E-state index is -4.68. The van der Waals surface area contributed by atoms with Crippen LogP contribution >= 0.6 is 11.6 Å². The maximum absolute atomic E-state index is 12.9. The van der Waals surface area contributed by atoms with E-state index in [1.807, 2.05) is 0 Å². The predicted molar refractivity (Wildman–Crippen MR) is 96.3 cm³/mol. The third kappa shape index (κ3) is 2.88. The van der Waals surface area contributed by atoms with Crippen LogP contribution in [0, 0.1) is 0 Å². The number of benzene rings is 3. The Morgan fingerprint density at radius 1 is 0.760 bits per heavy atom. The third-order valence-corrected chi connectivity index (χ3v) is 9.15. The zero-order valence-electron chi connectivity index (χ0n) is 13.0. The Balaban J connectivity index is 2.28. The van der Waals surface area contributed by atoms with Gasteiger partial charge in [-0.05, 0) is 36.4 Å². The van der Waals surface area contributed by atoms with E-state index >= 15 is 0 Å². The molecular formula is C17H13ClO5S2. The molecule has 0 saturated heterocycles. The molecule has 5 nitrogen and oxygen atoms in total. The first-order valence-electron chi connectivity index (χ1n) is 7.10. The quantitative estimate of drug-likeness (QED) is 0.629. The molecule has 0 N–H and O–H groups in total. The smallest absolute Gasteiger partial charge is 0.287 e. The monoisotopic (exact) mass is 396 g/mol. The highest BCUT2D eigenvalue weighted by molar-refractivity contribution is 8.67. The van der Waals surface area contributed by atoms with Gasteiger partial charge in [-0.15, -0.1) is 0 Å². The van der Waals surface area contributed by atoms with Crippen molar-refractivity contribution in [1.29, 1.82) is 0 Å². The molecule has 0 aliphatic carbocycles. The van der Waals surface area contributed by atoms with Crippen LogP contribution in [0.2, 0.25) is 5.02 Å². The fourth-order valence-corrected chi connectivity index (χ4v) is 6.49. The molecule has 25 heavy (non-hydrogen) atoms. The molecule has 0 heterocycles. The summed E-state index contributed by atoms with van der Waals surface area (Å²) in [7, 11) is -7.87. The Kier molecular flexibility index (Phi) is 4.49. The van der Waals surface area contributed by atoms with E-state index in [9.17, 15) is 16.8 Å². The van der Waals surface area contributed by atoms with Crippen LogP contribution in [0.3, 0.4) is 0 Å². The summed E-state index contributed by atoms with van der Waals surface area (Å²) >= 11 is 5.75. The fraction of sp³-hybridized carbons (Fsp3) is 0.0588. The first kappa shape index (κ1) is 17.7. The lowest BCUT2D eigenvalue weighted by Crippen LogP contribution is -2.16. The number of methoxy groups -OCH3 is 1. The van der Waals surface area contributed by atoms with E-state index in [1.165, 1.54) is 43.5 Å². The molecule has 3 rings (SSSR count). The normalized spacial score (nSPS) is 12.2. The van der Waals surface area contributed by atoms with Gasteiger partial charge in [-0.2, -0.15) is 0 Å². The fourth-order valence-electron chi connectivity index (χ4n) is 2.49. The molecule has 3 aromatic carbocycles. The summed E-state index contributed by atoms with van der Waals surface area (Å²) in [6.07, 6.45) is 0. The molecular weight excluding hydrogens is 384 g/mol. The van der Waals surface area contributed by atoms with Crippen LogP contribution in [-0.2, 0) is 17.7 Å². The van der Waals surface area contributed by atoms with Gasteiger partial charge in [0.2, 0.25) is 0 Å². The summed E-state index contributed by atoms with van der Waals surface area (Å²) in [6, 6.07) is 14.2. The number of halogens is 1. The zero-order valence-corrected chi connectivity index (χ0v) is 15.4. The van der Waals surface area contributed by atoms with E-state index in [2.05, 4.69) is 0 Å². The molecule has 0 aromatic heterocycles. The SMILES string of the molecule is COc1ccc(S(=O)(=O)S(=O)(=O)c2ccc(Cl)cc2)c2ccccc12. The maximum Gasteiger partial charge on any atom is 0.287 e. The highest BCUT2D eigenvalue weighted by Gasteiger charge is 2.35. The van der Waals surface area contributed by atoms with Crippen molar-refractivity contribution in [2.24, 2.45) is 0 Å². The predicted octanol–water partition coefficient (Wildman–Crippen LogP) is 3.66. The molecule has 0 aliphatic heterocycles. The van der Waals surface area contributed by atoms with Crippen LogP contribution in [0.4, 0.5) is 0 Å². The molecule has 0 unspecified atom stereocenters. The molecule has 0 radical (unpaired) electrons. The van der Waals surface area contributed by atoms with E-state index < -0.39 is 17.7 Å². The minimum Gasteiger partial charge on any atom is -0.496 e. The molecule has 0 aliphatic rings. The first-order valence-corrected chi connectivity index (χ1v) is 11.0. The average molecular weight is 397 g/mol. The second-order valence-corrected chi connectivity index (χ2v) is 11.0. The molecule has 0 saturated carbocycles. The van der Waals surface area contributed by atoms with Crippen molar-refractivity contribution in [3.63, 3.8) is 0 Å². The van der Waals surface area contributed by atoms with Crippen LogP contribution in [0.5, 0.6) is 5.75 Å². The Labute approximate surface area is 150 Å². The molecule has 0 amide bonds. The zero-order chi connectivity index (χ0) is 18.2. The van der Waals surface area contributed by atoms with Crippen molar-refractivity contribution < 1.29 is 21.6 Å². The van der Waals surface area contributed by atoms with Crippen molar-refractivity contribution in [3.05, 3.63) is 65.7 Å². The standard InChI is InChI=1S/C17H13ClO5S2/c1-23-16-10-11-17(15-5-3-2-4-14(15)16)25(21,22)24(19,20)13-8-6-12(18)7-9-13/h2-11H,1H3. The summed E-state index contributed by atoms with van der Waals surface area (Å²) in [5.74, 6) is 0.457. The number of hydrogen-bond donors (Lipinski definition) is 0. The summed E-state index contributed by atoms with van der Waals surface area (Å²) in [6.45, 7) is 0. The largest absolute Gasteiger partial charge is 0.496 e. The van der Waals surface area contributed by atoms with Gasteiger partial charge in [-0.25, -0.2) is 16.8 Å². The van der Waals surface area contributed by atoms with Gasteiger partial charge in [0.1, 0.15) is 5.75 Å². The van der Waals surface area contributed by atoms with Gasteiger partial charge in [-0.1, -0.05) is 35.9 Å². The highest BCUT2D eigenvalue weighted by Crippen LogP contribution is 2.34. The molecule has 0 spiro atoms. The number of rotatable bonds is 4. The number of hydrogen-bond acceptors (Lipinski definition) is 5. The molecule has 8 heteroatoms. The van der Waals surface area contributed by atoms with Gasteiger partial charge in [0.15, 0.2) is 0 Å². The lowest BCUT2D eigenvalue weighted by molar-refractivity contribution is 0.419. The molecule has 0 bridgehead atoms. The van der Waals surface area contributed by atoms with Gasteiger partial charge in [0.05, 0.1) is 16.9 Å². The van der Waals surface area contributed by atoms with Gasteiger partial charge >= 0.3 is 0 Å². The second-order valence-electron chi connectivity index (χ2n) is 5.17. The Morgan fingerprint density at radius 3 is 1.96 bits per heavy atom. The van der Waals surface area contributed by atoms with Gasteiger partial charge in [0.25, 0.3) is 17.7 Å². The van der Waals surface area contributed by atoms with Crippen LogP contribution in [0.1, 0.15) is 0 Å². The van der Waals surface area contributed by atoms with Crippen LogP contribution < -0.4 is 4.74 Å². The molecule has 3 aromatic rings. The highest BCUT2D eigenvalue weighted by atomic mass is 35.5. The lowest BCUT2D eigenvalue weighted by Gasteiger charge is -2.12.